The Morgan fingerprint density at radius 3 is 2.33 bits per heavy atom. The molecule has 0 aliphatic heterocycles. The maximum absolute atomic E-state index is 14.8. The highest BCUT2D eigenvalue weighted by Gasteiger charge is 2.20. The van der Waals surface area contributed by atoms with E-state index in [1.165, 1.54) is 13.2 Å². The van der Waals surface area contributed by atoms with Gasteiger partial charge in [-0.05, 0) is 72.4 Å². The van der Waals surface area contributed by atoms with Crippen LogP contribution in [0.5, 0.6) is 5.75 Å². The topological polar surface area (TPSA) is 29.5 Å². The van der Waals surface area contributed by atoms with E-state index in [1.807, 2.05) is 0 Å². The molecule has 0 amide bonds. The van der Waals surface area contributed by atoms with Crippen molar-refractivity contribution in [1.29, 1.82) is 0 Å². The molecular formula is C28H27F3O2. The second kappa shape index (κ2) is 10.3. The van der Waals surface area contributed by atoms with Crippen LogP contribution in [0.15, 0.2) is 60.7 Å². The molecule has 0 heterocycles. The van der Waals surface area contributed by atoms with Crippen LogP contribution in [0.3, 0.4) is 0 Å². The van der Waals surface area contributed by atoms with E-state index in [0.29, 0.717) is 34.8 Å². The zero-order valence-corrected chi connectivity index (χ0v) is 18.6. The van der Waals surface area contributed by atoms with Gasteiger partial charge in [0.25, 0.3) is 0 Å². The van der Waals surface area contributed by atoms with Crippen molar-refractivity contribution in [2.24, 2.45) is 5.92 Å². The first kappa shape index (κ1) is 23.1. The van der Waals surface area contributed by atoms with Crippen LogP contribution in [0.1, 0.15) is 42.4 Å². The van der Waals surface area contributed by atoms with E-state index >= 15 is 0 Å². The highest BCUT2D eigenvalue weighted by Crippen LogP contribution is 2.35. The lowest BCUT2D eigenvalue weighted by molar-refractivity contribution is 0.282. The number of halogens is 3. The molecule has 0 bridgehead atoms. The van der Waals surface area contributed by atoms with Crippen molar-refractivity contribution in [3.63, 3.8) is 0 Å². The van der Waals surface area contributed by atoms with Gasteiger partial charge in [-0.25, -0.2) is 13.2 Å². The molecule has 3 aromatic carbocycles. The number of allylic oxidation sites excluding steroid dienone is 2. The van der Waals surface area contributed by atoms with Gasteiger partial charge < -0.3 is 9.84 Å². The van der Waals surface area contributed by atoms with Gasteiger partial charge in [0.05, 0.1) is 13.7 Å². The second-order valence-electron chi connectivity index (χ2n) is 8.51. The van der Waals surface area contributed by atoms with Gasteiger partial charge in [0.1, 0.15) is 11.6 Å². The summed E-state index contributed by atoms with van der Waals surface area (Å²) in [5.74, 6) is -1.09. The summed E-state index contributed by atoms with van der Waals surface area (Å²) in [4.78, 5) is 0. The summed E-state index contributed by atoms with van der Waals surface area (Å²) in [5, 5.41) is 9.15. The molecule has 1 aliphatic carbocycles. The molecule has 1 aliphatic rings. The Bertz CT molecular complexity index is 1150. The fourth-order valence-electron chi connectivity index (χ4n) is 4.43. The largest absolute Gasteiger partial charge is 0.497 e. The van der Waals surface area contributed by atoms with Gasteiger partial charge in [0, 0.05) is 17.2 Å². The minimum atomic E-state index is -0.843. The second-order valence-corrected chi connectivity index (χ2v) is 8.51. The number of aliphatic hydroxyl groups is 1. The molecular weight excluding hydrogens is 425 g/mol. The molecule has 1 N–H and O–H groups in total. The summed E-state index contributed by atoms with van der Waals surface area (Å²) in [6.07, 6.45) is 5.70. The Labute approximate surface area is 192 Å². The Balaban J connectivity index is 1.40. The Kier molecular flexibility index (Phi) is 7.19. The number of rotatable bonds is 7. The molecule has 0 saturated carbocycles. The van der Waals surface area contributed by atoms with Crippen molar-refractivity contribution in [2.75, 3.05) is 7.11 Å². The molecule has 172 valence electrons. The number of aliphatic hydroxyl groups excluding tert-OH is 1. The summed E-state index contributed by atoms with van der Waals surface area (Å²) >= 11 is 0. The van der Waals surface area contributed by atoms with E-state index < -0.39 is 11.6 Å². The van der Waals surface area contributed by atoms with Crippen molar-refractivity contribution in [3.8, 4) is 16.9 Å². The van der Waals surface area contributed by atoms with E-state index in [0.717, 1.165) is 36.8 Å². The van der Waals surface area contributed by atoms with E-state index in [9.17, 15) is 13.2 Å². The third kappa shape index (κ3) is 5.14. The number of ether oxygens (including phenoxy) is 1. The number of hydrogen-bond acceptors (Lipinski definition) is 2. The van der Waals surface area contributed by atoms with Gasteiger partial charge in [-0.1, -0.05) is 42.5 Å². The molecule has 0 spiro atoms. The molecule has 5 heteroatoms. The van der Waals surface area contributed by atoms with E-state index in [4.69, 9.17) is 9.84 Å². The summed E-state index contributed by atoms with van der Waals surface area (Å²) in [5.41, 5.74) is 3.47. The first-order chi connectivity index (χ1) is 16.0. The van der Waals surface area contributed by atoms with Crippen molar-refractivity contribution in [2.45, 2.75) is 38.7 Å². The Morgan fingerprint density at radius 2 is 1.70 bits per heavy atom. The SMILES string of the molecule is COc1ccc(C2=CCC(CCc3ccc(-c4ccc(CO)cc4)c(F)c3F)CC2)c(F)c1. The molecule has 3 aromatic rings. The van der Waals surface area contributed by atoms with Crippen LogP contribution in [0.2, 0.25) is 0 Å². The van der Waals surface area contributed by atoms with Crippen LogP contribution in [0.25, 0.3) is 16.7 Å². The van der Waals surface area contributed by atoms with Gasteiger partial charge >= 0.3 is 0 Å². The minimum Gasteiger partial charge on any atom is -0.497 e. The highest BCUT2D eigenvalue weighted by atomic mass is 19.2. The van der Waals surface area contributed by atoms with Crippen molar-refractivity contribution >= 4 is 5.57 Å². The van der Waals surface area contributed by atoms with Crippen LogP contribution in [0, 0.1) is 23.4 Å². The normalized spacial score (nSPS) is 15.9. The molecule has 4 rings (SSSR count). The lowest BCUT2D eigenvalue weighted by atomic mass is 9.83. The zero-order chi connectivity index (χ0) is 23.4. The number of aryl methyl sites for hydroxylation is 1. The molecule has 33 heavy (non-hydrogen) atoms. The molecule has 0 fully saturated rings. The van der Waals surface area contributed by atoms with Crippen LogP contribution in [-0.4, -0.2) is 12.2 Å². The van der Waals surface area contributed by atoms with Gasteiger partial charge in [0.2, 0.25) is 0 Å². The lowest BCUT2D eigenvalue weighted by Gasteiger charge is -2.22. The lowest BCUT2D eigenvalue weighted by Crippen LogP contribution is -2.08. The number of benzene rings is 3. The minimum absolute atomic E-state index is 0.0943. The summed E-state index contributed by atoms with van der Waals surface area (Å²) < 4.78 is 48.9. The monoisotopic (exact) mass is 452 g/mol. The molecule has 1 atom stereocenters. The van der Waals surface area contributed by atoms with Crippen LogP contribution >= 0.6 is 0 Å². The van der Waals surface area contributed by atoms with Gasteiger partial charge in [-0.2, -0.15) is 0 Å². The molecule has 0 radical (unpaired) electrons. The summed E-state index contributed by atoms with van der Waals surface area (Å²) in [7, 11) is 1.51. The Morgan fingerprint density at radius 1 is 0.939 bits per heavy atom. The van der Waals surface area contributed by atoms with Crippen LogP contribution in [0.4, 0.5) is 13.2 Å². The van der Waals surface area contributed by atoms with Gasteiger partial charge in [0.15, 0.2) is 11.6 Å². The smallest absolute Gasteiger partial charge is 0.166 e. The van der Waals surface area contributed by atoms with E-state index in [-0.39, 0.29) is 18.0 Å². The standard InChI is InChI=1S/C28H27F3O2/c1-33-23-13-15-24(26(29)16-23)20-7-2-18(3-8-20)4-11-22-12-14-25(28(31)27(22)30)21-9-5-19(17-32)6-10-21/h5-7,9-10,12-16,18,32H,2-4,8,11,17H2,1H3. The highest BCUT2D eigenvalue weighted by molar-refractivity contribution is 5.67. The first-order valence-electron chi connectivity index (χ1n) is 11.2. The fraction of sp³-hybridized carbons (Fsp3) is 0.286. The quantitative estimate of drug-likeness (QED) is 0.415. The van der Waals surface area contributed by atoms with Crippen molar-refractivity contribution < 1.29 is 23.0 Å². The molecule has 1 unspecified atom stereocenters. The van der Waals surface area contributed by atoms with Crippen molar-refractivity contribution in [1.82, 2.24) is 0 Å². The Hall–Kier alpha value is -3.05. The van der Waals surface area contributed by atoms with Crippen LogP contribution < -0.4 is 4.74 Å². The van der Waals surface area contributed by atoms with Gasteiger partial charge in [-0.15, -0.1) is 0 Å². The number of hydrogen-bond donors (Lipinski definition) is 1. The molecule has 2 nitrogen and oxygen atoms in total. The predicted molar refractivity (Wildman–Crippen MR) is 124 cm³/mol. The average molecular weight is 453 g/mol. The summed E-state index contributed by atoms with van der Waals surface area (Å²) in [6, 6.07) is 14.9. The third-order valence-electron chi connectivity index (χ3n) is 6.47. The average Bonchev–Trinajstić information content (AvgIpc) is 2.85. The zero-order valence-electron chi connectivity index (χ0n) is 18.6. The predicted octanol–water partition coefficient (Wildman–Crippen LogP) is 7.09. The maximum Gasteiger partial charge on any atom is 0.166 e. The fourth-order valence-corrected chi connectivity index (χ4v) is 4.43. The van der Waals surface area contributed by atoms with Crippen molar-refractivity contribution in [3.05, 3.63) is 94.8 Å². The maximum atomic E-state index is 14.8. The summed E-state index contributed by atoms with van der Waals surface area (Å²) in [6.45, 7) is -0.0943. The number of methoxy groups -OCH3 is 1. The molecule has 0 saturated heterocycles. The van der Waals surface area contributed by atoms with E-state index in [2.05, 4.69) is 6.08 Å². The van der Waals surface area contributed by atoms with Crippen LogP contribution in [-0.2, 0) is 13.0 Å². The van der Waals surface area contributed by atoms with Gasteiger partial charge in [-0.3, -0.25) is 0 Å². The first-order valence-corrected chi connectivity index (χ1v) is 11.2. The third-order valence-corrected chi connectivity index (χ3v) is 6.47. The van der Waals surface area contributed by atoms with E-state index in [1.54, 1.807) is 48.5 Å². The molecule has 0 aromatic heterocycles.